The first-order valence-electron chi connectivity index (χ1n) is 9.17. The van der Waals surface area contributed by atoms with Gasteiger partial charge in [-0.2, -0.15) is 0 Å². The average molecular weight is 382 g/mol. The molecular weight excluding hydrogens is 364 g/mol. The third-order valence-corrected chi connectivity index (χ3v) is 5.02. The lowest BCUT2D eigenvalue weighted by Crippen LogP contribution is -1.91. The fourth-order valence-corrected chi connectivity index (χ4v) is 3.65. The van der Waals surface area contributed by atoms with Gasteiger partial charge in [0.25, 0.3) is 0 Å². The topological polar surface area (TPSA) is 72.9 Å². The largest absolute Gasteiger partial charge is 0.496 e. The molecule has 0 radical (unpaired) electrons. The Bertz CT molecular complexity index is 1310. The summed E-state index contributed by atoms with van der Waals surface area (Å²) in [6, 6.07) is 13.8. The lowest BCUT2D eigenvalue weighted by Gasteiger charge is -2.11. The monoisotopic (exact) mass is 382 g/mol. The lowest BCUT2D eigenvalue weighted by atomic mass is 9.99. The summed E-state index contributed by atoms with van der Waals surface area (Å²) in [6.45, 7) is 0. The Kier molecular flexibility index (Phi) is 4.09. The van der Waals surface area contributed by atoms with Crippen LogP contribution in [-0.4, -0.2) is 34.2 Å². The number of fused-ring (bicyclic) bond motifs is 3. The smallest absolute Gasteiger partial charge is 0.212 e. The highest BCUT2D eigenvalue weighted by Gasteiger charge is 2.17. The molecule has 5 aromatic rings. The van der Waals surface area contributed by atoms with E-state index < -0.39 is 0 Å². The SMILES string of the molecule is COc1ccc(-c2c(OC)ccc3[nH]c4cnc(-c5cccnc5)cc4c23)cn1. The molecule has 0 amide bonds. The maximum atomic E-state index is 5.70. The van der Waals surface area contributed by atoms with Crippen LogP contribution in [0, 0.1) is 0 Å². The second-order valence-electron chi connectivity index (χ2n) is 6.64. The van der Waals surface area contributed by atoms with Crippen molar-refractivity contribution in [3.63, 3.8) is 0 Å². The Labute approximate surface area is 167 Å². The molecule has 0 bridgehead atoms. The molecule has 0 atom stereocenters. The van der Waals surface area contributed by atoms with E-state index in [9.17, 15) is 0 Å². The Morgan fingerprint density at radius 3 is 2.48 bits per heavy atom. The number of pyridine rings is 3. The summed E-state index contributed by atoms with van der Waals surface area (Å²) in [6.07, 6.45) is 7.24. The van der Waals surface area contributed by atoms with Crippen LogP contribution in [0.15, 0.2) is 67.3 Å². The van der Waals surface area contributed by atoms with Gasteiger partial charge in [-0.05, 0) is 36.4 Å². The second kappa shape index (κ2) is 6.91. The standard InChI is InChI=1S/C23H18N4O2/c1-28-20-7-6-17-23(22(20)15-5-8-21(29-2)26-12-15)16-10-18(25-13-19(16)27-17)14-4-3-9-24-11-14/h3-13,27H,1-2H3. The molecule has 0 aliphatic rings. The van der Waals surface area contributed by atoms with Gasteiger partial charge in [0, 0.05) is 57.6 Å². The highest BCUT2D eigenvalue weighted by Crippen LogP contribution is 2.41. The van der Waals surface area contributed by atoms with Crippen molar-refractivity contribution in [3.05, 3.63) is 67.3 Å². The van der Waals surface area contributed by atoms with Gasteiger partial charge < -0.3 is 14.5 Å². The highest BCUT2D eigenvalue weighted by molar-refractivity contribution is 6.16. The molecule has 0 saturated heterocycles. The van der Waals surface area contributed by atoms with E-state index in [0.717, 1.165) is 49.9 Å². The summed E-state index contributed by atoms with van der Waals surface area (Å²) in [5, 5.41) is 2.14. The molecule has 0 aliphatic heterocycles. The molecule has 142 valence electrons. The molecule has 1 aromatic carbocycles. The minimum absolute atomic E-state index is 0.571. The molecule has 0 saturated carbocycles. The van der Waals surface area contributed by atoms with Gasteiger partial charge in [0.2, 0.25) is 5.88 Å². The maximum absolute atomic E-state index is 5.70. The molecular formula is C23H18N4O2. The number of hydrogen-bond acceptors (Lipinski definition) is 5. The van der Waals surface area contributed by atoms with Gasteiger partial charge in [-0.3, -0.25) is 9.97 Å². The number of aromatic amines is 1. The third-order valence-electron chi connectivity index (χ3n) is 5.02. The molecule has 5 rings (SSSR count). The van der Waals surface area contributed by atoms with Crippen molar-refractivity contribution < 1.29 is 9.47 Å². The summed E-state index contributed by atoms with van der Waals surface area (Å²) >= 11 is 0. The molecule has 0 unspecified atom stereocenters. The molecule has 0 aliphatic carbocycles. The van der Waals surface area contributed by atoms with Crippen LogP contribution in [0.25, 0.3) is 44.2 Å². The zero-order chi connectivity index (χ0) is 19.8. The van der Waals surface area contributed by atoms with Crippen molar-refractivity contribution in [2.45, 2.75) is 0 Å². The number of methoxy groups -OCH3 is 2. The zero-order valence-corrected chi connectivity index (χ0v) is 16.0. The Hall–Kier alpha value is -3.93. The predicted octanol–water partition coefficient (Wildman–Crippen LogP) is 4.86. The number of nitrogens with one attached hydrogen (secondary N) is 1. The second-order valence-corrected chi connectivity index (χ2v) is 6.64. The van der Waals surface area contributed by atoms with Crippen LogP contribution in [-0.2, 0) is 0 Å². The van der Waals surface area contributed by atoms with E-state index in [1.165, 1.54) is 0 Å². The lowest BCUT2D eigenvalue weighted by molar-refractivity contribution is 0.398. The quantitative estimate of drug-likeness (QED) is 0.481. The normalized spacial score (nSPS) is 11.1. The van der Waals surface area contributed by atoms with Crippen LogP contribution >= 0.6 is 0 Å². The molecule has 6 nitrogen and oxygen atoms in total. The first-order valence-corrected chi connectivity index (χ1v) is 9.17. The molecule has 0 fully saturated rings. The number of hydrogen-bond donors (Lipinski definition) is 1. The minimum Gasteiger partial charge on any atom is -0.496 e. The maximum Gasteiger partial charge on any atom is 0.212 e. The number of ether oxygens (including phenoxy) is 2. The van der Waals surface area contributed by atoms with Gasteiger partial charge >= 0.3 is 0 Å². The summed E-state index contributed by atoms with van der Waals surface area (Å²) in [4.78, 5) is 16.7. The minimum atomic E-state index is 0.571. The van der Waals surface area contributed by atoms with E-state index in [2.05, 4.69) is 26.0 Å². The number of aromatic nitrogens is 4. The van der Waals surface area contributed by atoms with Crippen LogP contribution in [0.5, 0.6) is 11.6 Å². The van der Waals surface area contributed by atoms with Crippen molar-refractivity contribution in [2.75, 3.05) is 14.2 Å². The summed E-state index contributed by atoms with van der Waals surface area (Å²) in [5.74, 6) is 1.35. The first-order chi connectivity index (χ1) is 14.3. The van der Waals surface area contributed by atoms with Gasteiger partial charge in [-0.1, -0.05) is 0 Å². The highest BCUT2D eigenvalue weighted by atomic mass is 16.5. The van der Waals surface area contributed by atoms with E-state index >= 15 is 0 Å². The summed E-state index contributed by atoms with van der Waals surface area (Å²) in [5.41, 5.74) is 5.75. The van der Waals surface area contributed by atoms with Crippen LogP contribution in [0.1, 0.15) is 0 Å². The van der Waals surface area contributed by atoms with E-state index in [1.54, 1.807) is 26.6 Å². The van der Waals surface area contributed by atoms with Crippen molar-refractivity contribution >= 4 is 21.8 Å². The predicted molar refractivity (Wildman–Crippen MR) is 113 cm³/mol. The third kappa shape index (κ3) is 2.86. The Balaban J connectivity index is 1.82. The molecule has 6 heteroatoms. The van der Waals surface area contributed by atoms with Crippen LogP contribution in [0.4, 0.5) is 0 Å². The van der Waals surface area contributed by atoms with Gasteiger partial charge in [-0.25, -0.2) is 4.98 Å². The van der Waals surface area contributed by atoms with Crippen molar-refractivity contribution in [1.29, 1.82) is 0 Å². The van der Waals surface area contributed by atoms with Crippen molar-refractivity contribution in [3.8, 4) is 34.0 Å². The average Bonchev–Trinajstić information content (AvgIpc) is 3.17. The van der Waals surface area contributed by atoms with Crippen molar-refractivity contribution in [1.82, 2.24) is 19.9 Å². The summed E-state index contributed by atoms with van der Waals surface area (Å²) in [7, 11) is 3.29. The van der Waals surface area contributed by atoms with Gasteiger partial charge in [0.05, 0.1) is 31.6 Å². The number of benzene rings is 1. The van der Waals surface area contributed by atoms with Crippen molar-refractivity contribution in [2.24, 2.45) is 0 Å². The van der Waals surface area contributed by atoms with Gasteiger partial charge in [0.15, 0.2) is 0 Å². The number of H-pyrrole nitrogens is 1. The van der Waals surface area contributed by atoms with E-state index in [1.807, 2.05) is 48.8 Å². The molecule has 4 heterocycles. The molecule has 0 spiro atoms. The van der Waals surface area contributed by atoms with Crippen LogP contribution < -0.4 is 9.47 Å². The molecule has 29 heavy (non-hydrogen) atoms. The van der Waals surface area contributed by atoms with E-state index in [0.29, 0.717) is 5.88 Å². The fourth-order valence-electron chi connectivity index (χ4n) is 3.65. The first kappa shape index (κ1) is 17.2. The van der Waals surface area contributed by atoms with Crippen LogP contribution in [0.2, 0.25) is 0 Å². The van der Waals surface area contributed by atoms with Crippen LogP contribution in [0.3, 0.4) is 0 Å². The van der Waals surface area contributed by atoms with E-state index in [-0.39, 0.29) is 0 Å². The molecule has 4 aromatic heterocycles. The van der Waals surface area contributed by atoms with Gasteiger partial charge in [0.1, 0.15) is 5.75 Å². The van der Waals surface area contributed by atoms with E-state index in [4.69, 9.17) is 9.47 Å². The Morgan fingerprint density at radius 1 is 0.828 bits per heavy atom. The summed E-state index contributed by atoms with van der Waals surface area (Å²) < 4.78 is 10.9. The fraction of sp³-hybridized carbons (Fsp3) is 0.0870. The number of rotatable bonds is 4. The van der Waals surface area contributed by atoms with Gasteiger partial charge in [-0.15, -0.1) is 0 Å². The molecule has 1 N–H and O–H groups in total. The Morgan fingerprint density at radius 2 is 1.76 bits per heavy atom. The number of nitrogens with zero attached hydrogens (tertiary/aromatic N) is 3. The zero-order valence-electron chi connectivity index (χ0n) is 16.0.